The number of hydrogen-bond donors (Lipinski definition) is 12. The Labute approximate surface area is 403 Å². The summed E-state index contributed by atoms with van der Waals surface area (Å²) in [6.07, 6.45) is 0. The standard InChI is InChI=1S/C60H40N12/c1-3-33-19-37-9-13-49(65-37)53-47-27-43-23-39-12-16-52(68-39)56-46-26-42-22-36-8-6-32(64-36)18-30-2-4-34(62-30)20-38-10-14-50(66-38)54(58(46)70-42)48-28-44(72-60(48)56)24-40-11-15-51(67-40)55(59(47)71-43)45-25-41(69-57(45)53)21-35-7-5-31(63-35)17-29(1)61-33/h1-28,61-72H. The predicted molar refractivity (Wildman–Crippen MR) is 300 cm³/mol. The minimum atomic E-state index is 0.978. The van der Waals surface area contributed by atoms with Gasteiger partial charge < -0.3 is 59.8 Å². The van der Waals surface area contributed by atoms with Crippen LogP contribution in [0.15, 0.2) is 170 Å². The monoisotopic (exact) mass is 928 g/mol. The number of hydrogen-bond acceptors (Lipinski definition) is 0. The van der Waals surface area contributed by atoms with Crippen LogP contribution in [0.2, 0.25) is 0 Å². The lowest BCUT2D eigenvalue weighted by atomic mass is 10.0. The first-order valence-electron chi connectivity index (χ1n) is 24.2. The highest BCUT2D eigenvalue weighted by atomic mass is 14.8. The molecule has 0 aliphatic rings. The Morgan fingerprint density at radius 2 is 0.333 bits per heavy atom. The van der Waals surface area contributed by atoms with Gasteiger partial charge in [0.2, 0.25) is 0 Å². The van der Waals surface area contributed by atoms with E-state index >= 15 is 0 Å². The highest BCUT2D eigenvalue weighted by Gasteiger charge is 2.18. The molecule has 0 aliphatic heterocycles. The van der Waals surface area contributed by atoms with Crippen LogP contribution < -0.4 is 0 Å². The molecule has 12 heteroatoms. The molecule has 0 aliphatic carbocycles. The Bertz CT molecular complexity index is 5100. The molecule has 15 heterocycles. The molecular weight excluding hydrogens is 889 g/mol. The Hall–Kier alpha value is -10.2. The summed E-state index contributed by atoms with van der Waals surface area (Å²) in [4.78, 5) is 45.3. The van der Waals surface area contributed by atoms with Crippen molar-refractivity contribution in [2.75, 3.05) is 0 Å². The third kappa shape index (κ3) is 5.74. The van der Waals surface area contributed by atoms with Gasteiger partial charge in [-0.15, -0.1) is 0 Å². The third-order valence-corrected chi connectivity index (χ3v) is 14.8. The molecule has 0 atom stereocenters. The van der Waals surface area contributed by atoms with E-state index in [1.54, 1.807) is 0 Å². The quantitative estimate of drug-likeness (QED) is 0.0690. The average Bonchev–Trinajstić information content (AvgIpc) is 4.18. The van der Waals surface area contributed by atoms with Crippen LogP contribution in [0.4, 0.5) is 0 Å². The zero-order valence-corrected chi connectivity index (χ0v) is 38.2. The van der Waals surface area contributed by atoms with Gasteiger partial charge in [-0.1, -0.05) is 0 Å². The largest absolute Gasteiger partial charge is 0.355 e. The zero-order valence-electron chi connectivity index (χ0n) is 38.2. The lowest BCUT2D eigenvalue weighted by Crippen LogP contribution is -1.81. The Balaban J connectivity index is 1.02. The van der Waals surface area contributed by atoms with Crippen molar-refractivity contribution in [1.29, 1.82) is 0 Å². The molecule has 0 spiro atoms. The van der Waals surface area contributed by atoms with Crippen LogP contribution in [0.3, 0.4) is 0 Å². The maximum absolute atomic E-state index is 3.94. The Kier molecular flexibility index (Phi) is 7.20. The molecule has 0 fully saturated rings. The van der Waals surface area contributed by atoms with E-state index in [9.17, 15) is 0 Å². The Morgan fingerprint density at radius 1 is 0.153 bits per heavy atom. The third-order valence-electron chi connectivity index (χ3n) is 14.8. The summed E-state index contributed by atoms with van der Waals surface area (Å²) in [5, 5.41) is 8.77. The molecule has 0 amide bonds. The number of aromatic amines is 12. The van der Waals surface area contributed by atoms with Gasteiger partial charge in [-0.2, -0.15) is 0 Å². The van der Waals surface area contributed by atoms with Gasteiger partial charge in [-0.3, -0.25) is 0 Å². The number of rotatable bonds is 0. The minimum Gasteiger partial charge on any atom is -0.355 e. The molecule has 17 aromatic rings. The van der Waals surface area contributed by atoms with Crippen LogP contribution in [0.25, 0.3) is 175 Å². The van der Waals surface area contributed by atoms with Gasteiger partial charge in [0, 0.05) is 153 Å². The summed E-state index contributed by atoms with van der Waals surface area (Å²) in [5.74, 6) is 0. The molecule has 0 unspecified atom stereocenters. The van der Waals surface area contributed by atoms with E-state index in [2.05, 4.69) is 230 Å². The van der Waals surface area contributed by atoms with Crippen molar-refractivity contribution in [2.24, 2.45) is 0 Å². The minimum absolute atomic E-state index is 0.978. The molecule has 12 N–H and O–H groups in total. The van der Waals surface area contributed by atoms with Crippen LogP contribution in [0, 0.1) is 0 Å². The van der Waals surface area contributed by atoms with Gasteiger partial charge in [0.15, 0.2) is 0 Å². The van der Waals surface area contributed by atoms with Crippen molar-refractivity contribution in [2.45, 2.75) is 0 Å². The molecule has 0 radical (unpaired) electrons. The van der Waals surface area contributed by atoms with Crippen LogP contribution in [0.5, 0.6) is 0 Å². The molecule has 17 rings (SSSR count). The van der Waals surface area contributed by atoms with Gasteiger partial charge in [0.1, 0.15) is 0 Å². The number of benzene rings is 2. The van der Waals surface area contributed by atoms with Crippen molar-refractivity contribution in [1.82, 2.24) is 59.8 Å². The number of nitrogens with one attached hydrogen (secondary N) is 12. The van der Waals surface area contributed by atoms with E-state index in [1.165, 1.54) is 0 Å². The summed E-state index contributed by atoms with van der Waals surface area (Å²) in [7, 11) is 0. The van der Waals surface area contributed by atoms with E-state index < -0.39 is 0 Å². The SMILES string of the molecule is c1cc2cc3ccc([nH]3)c3c4cc5cc6ccc([nH]6)c6c7cc8cc9ccc(cc%10ccc(cc%11ccc([nH]%11)c(c%11cc(cc%12ccc([nH]%12)c(c%12cc(cc%13ccc(cc1[nH]2)[nH]%13)[nH]c%123)c4[nH]5)[nH]c%116)c7[nH]8)[nH]%10)[nH]9. The molecular formula is C60H40N12. The van der Waals surface area contributed by atoms with E-state index in [0.717, 1.165) is 175 Å². The maximum Gasteiger partial charge on any atom is 0.0567 e. The summed E-state index contributed by atoms with van der Waals surface area (Å²) in [6, 6.07) is 60.9. The molecule has 0 saturated carbocycles. The molecule has 12 nitrogen and oxygen atoms in total. The van der Waals surface area contributed by atoms with Gasteiger partial charge in [0.25, 0.3) is 0 Å². The highest BCUT2D eigenvalue weighted by Crippen LogP contribution is 2.41. The van der Waals surface area contributed by atoms with Crippen molar-refractivity contribution in [3.8, 4) is 0 Å². The van der Waals surface area contributed by atoms with Crippen LogP contribution in [0.1, 0.15) is 0 Å². The summed E-state index contributed by atoms with van der Waals surface area (Å²) in [6.45, 7) is 0. The summed E-state index contributed by atoms with van der Waals surface area (Å²) in [5.41, 5.74) is 24.3. The van der Waals surface area contributed by atoms with Crippen molar-refractivity contribution >= 4 is 175 Å². The topological polar surface area (TPSA) is 189 Å². The number of aromatic nitrogens is 12. The molecule has 0 saturated heterocycles. The van der Waals surface area contributed by atoms with Crippen molar-refractivity contribution in [3.63, 3.8) is 0 Å². The van der Waals surface area contributed by atoms with Gasteiger partial charge in [-0.05, 0) is 170 Å². The first kappa shape index (κ1) is 37.7. The van der Waals surface area contributed by atoms with E-state index in [-0.39, 0.29) is 0 Å². The maximum atomic E-state index is 3.94. The molecule has 2 aromatic carbocycles. The summed E-state index contributed by atoms with van der Waals surface area (Å²) < 4.78 is 0. The second-order valence-corrected chi connectivity index (χ2v) is 19.5. The fraction of sp³-hybridized carbons (Fsp3) is 0. The second-order valence-electron chi connectivity index (χ2n) is 19.5. The fourth-order valence-corrected chi connectivity index (χ4v) is 11.7. The smallest absolute Gasteiger partial charge is 0.0567 e. The van der Waals surface area contributed by atoms with Crippen LogP contribution in [-0.4, -0.2) is 59.8 Å². The van der Waals surface area contributed by atoms with Crippen molar-refractivity contribution < 1.29 is 0 Å². The van der Waals surface area contributed by atoms with E-state index in [4.69, 9.17) is 0 Å². The van der Waals surface area contributed by atoms with Gasteiger partial charge in [-0.25, -0.2) is 0 Å². The average molecular weight is 929 g/mol. The van der Waals surface area contributed by atoms with E-state index in [0.29, 0.717) is 0 Å². The molecule has 15 aromatic heterocycles. The molecule has 340 valence electrons. The number of H-pyrrole nitrogens is 12. The molecule has 72 heavy (non-hydrogen) atoms. The molecule has 24 bridgehead atoms. The van der Waals surface area contributed by atoms with Gasteiger partial charge in [0.05, 0.1) is 22.1 Å². The van der Waals surface area contributed by atoms with E-state index in [1.807, 2.05) is 0 Å². The van der Waals surface area contributed by atoms with Crippen LogP contribution >= 0.6 is 0 Å². The van der Waals surface area contributed by atoms with Gasteiger partial charge >= 0.3 is 0 Å². The summed E-state index contributed by atoms with van der Waals surface area (Å²) >= 11 is 0. The zero-order chi connectivity index (χ0) is 46.8. The fourth-order valence-electron chi connectivity index (χ4n) is 11.7. The lowest BCUT2D eigenvalue weighted by molar-refractivity contribution is 1.50. The second kappa shape index (κ2) is 13.7. The lowest BCUT2D eigenvalue weighted by Gasteiger charge is -2.03. The number of fused-ring (bicyclic) bond motifs is 28. The van der Waals surface area contributed by atoms with Crippen molar-refractivity contribution in [3.05, 3.63) is 170 Å². The first-order valence-corrected chi connectivity index (χ1v) is 24.2. The highest BCUT2D eigenvalue weighted by molar-refractivity contribution is 6.33. The van der Waals surface area contributed by atoms with Crippen LogP contribution in [-0.2, 0) is 0 Å². The Morgan fingerprint density at radius 3 is 0.556 bits per heavy atom. The predicted octanol–water partition coefficient (Wildman–Crippen LogP) is 16.0. The first-order chi connectivity index (χ1) is 35.5. The normalized spacial score (nSPS) is 12.4.